The summed E-state index contributed by atoms with van der Waals surface area (Å²) in [5.74, 6) is 0.716. The van der Waals surface area contributed by atoms with E-state index < -0.39 is 6.10 Å². The second kappa shape index (κ2) is 5.95. The summed E-state index contributed by atoms with van der Waals surface area (Å²) in [6, 6.07) is 0. The van der Waals surface area contributed by atoms with Crippen LogP contribution in [0.15, 0.2) is 6.20 Å². The number of hydrogen-bond donors (Lipinski definition) is 1. The molecule has 1 N–H and O–H groups in total. The molecule has 2 rings (SSSR count). The summed E-state index contributed by atoms with van der Waals surface area (Å²) in [7, 11) is 1.65. The fourth-order valence-corrected chi connectivity index (χ4v) is 3.16. The van der Waals surface area contributed by atoms with Gasteiger partial charge < -0.3 is 9.84 Å². The van der Waals surface area contributed by atoms with Crippen molar-refractivity contribution in [1.82, 2.24) is 9.78 Å². The number of aromatic nitrogens is 2. The van der Waals surface area contributed by atoms with E-state index in [4.69, 9.17) is 4.74 Å². The molecule has 1 heterocycles. The molecule has 1 aromatic heterocycles. The van der Waals surface area contributed by atoms with Crippen molar-refractivity contribution in [2.24, 2.45) is 5.41 Å². The van der Waals surface area contributed by atoms with Crippen LogP contribution in [0, 0.1) is 5.41 Å². The van der Waals surface area contributed by atoms with E-state index >= 15 is 0 Å². The minimum Gasteiger partial charge on any atom is -0.493 e. The van der Waals surface area contributed by atoms with Crippen molar-refractivity contribution >= 4 is 0 Å². The number of rotatable bonds is 5. The number of hydrogen-bond acceptors (Lipinski definition) is 3. The van der Waals surface area contributed by atoms with Gasteiger partial charge in [-0.3, -0.25) is 4.68 Å². The third-order valence-corrected chi connectivity index (χ3v) is 4.42. The van der Waals surface area contributed by atoms with Crippen LogP contribution in [0.2, 0.25) is 0 Å². The highest BCUT2D eigenvalue weighted by molar-refractivity contribution is 5.28. The van der Waals surface area contributed by atoms with Crippen LogP contribution >= 0.6 is 0 Å². The first-order chi connectivity index (χ1) is 9.12. The monoisotopic (exact) mass is 266 g/mol. The van der Waals surface area contributed by atoms with Crippen LogP contribution in [0.1, 0.15) is 64.2 Å². The second-order valence-electron chi connectivity index (χ2n) is 5.94. The first kappa shape index (κ1) is 14.4. The first-order valence-corrected chi connectivity index (χ1v) is 7.40. The molecule has 0 aromatic carbocycles. The highest BCUT2D eigenvalue weighted by Gasteiger charge is 2.38. The van der Waals surface area contributed by atoms with Gasteiger partial charge in [-0.05, 0) is 24.7 Å². The Hall–Kier alpha value is -1.03. The smallest absolute Gasteiger partial charge is 0.162 e. The van der Waals surface area contributed by atoms with Gasteiger partial charge in [-0.2, -0.15) is 5.10 Å². The summed E-state index contributed by atoms with van der Waals surface area (Å²) < 4.78 is 7.29. The van der Waals surface area contributed by atoms with Gasteiger partial charge in [0.2, 0.25) is 0 Å². The van der Waals surface area contributed by atoms with Gasteiger partial charge in [0, 0.05) is 6.54 Å². The van der Waals surface area contributed by atoms with E-state index in [1.54, 1.807) is 13.3 Å². The molecule has 1 aliphatic rings. The maximum absolute atomic E-state index is 10.9. The number of aliphatic hydroxyl groups excluding tert-OH is 1. The largest absolute Gasteiger partial charge is 0.493 e. The van der Waals surface area contributed by atoms with Crippen molar-refractivity contribution in [2.45, 2.75) is 65.0 Å². The van der Waals surface area contributed by atoms with Gasteiger partial charge in [0.25, 0.3) is 0 Å². The van der Waals surface area contributed by atoms with Gasteiger partial charge in [-0.25, -0.2) is 0 Å². The minimum absolute atomic E-state index is 0.0446. The summed E-state index contributed by atoms with van der Waals surface area (Å²) in [4.78, 5) is 0. The molecular weight excluding hydrogens is 240 g/mol. The zero-order chi connectivity index (χ0) is 13.9. The van der Waals surface area contributed by atoms with Gasteiger partial charge in [-0.1, -0.05) is 33.1 Å². The Labute approximate surface area is 115 Å². The molecule has 1 unspecified atom stereocenters. The third-order valence-electron chi connectivity index (χ3n) is 4.42. The maximum Gasteiger partial charge on any atom is 0.162 e. The molecule has 1 aromatic rings. The molecule has 4 heteroatoms. The lowest BCUT2D eigenvalue weighted by Gasteiger charge is -2.38. The molecule has 19 heavy (non-hydrogen) atoms. The van der Waals surface area contributed by atoms with Gasteiger partial charge >= 0.3 is 0 Å². The second-order valence-corrected chi connectivity index (χ2v) is 5.94. The highest BCUT2D eigenvalue weighted by atomic mass is 16.5. The number of aryl methyl sites for hydroxylation is 1. The molecule has 0 bridgehead atoms. The molecule has 0 aliphatic heterocycles. The number of aliphatic hydroxyl groups is 1. The summed E-state index contributed by atoms with van der Waals surface area (Å²) >= 11 is 0. The van der Waals surface area contributed by atoms with E-state index in [1.165, 1.54) is 19.3 Å². The average molecular weight is 266 g/mol. The summed E-state index contributed by atoms with van der Waals surface area (Å²) in [5.41, 5.74) is 0.811. The van der Waals surface area contributed by atoms with Crippen molar-refractivity contribution in [3.05, 3.63) is 11.9 Å². The van der Waals surface area contributed by atoms with Crippen LogP contribution in [0.25, 0.3) is 0 Å². The topological polar surface area (TPSA) is 47.3 Å². The Morgan fingerprint density at radius 2 is 2.11 bits per heavy atom. The predicted molar refractivity (Wildman–Crippen MR) is 75.2 cm³/mol. The Bertz CT molecular complexity index is 408. The van der Waals surface area contributed by atoms with E-state index in [9.17, 15) is 5.11 Å². The van der Waals surface area contributed by atoms with Gasteiger partial charge in [0.1, 0.15) is 11.8 Å². The molecule has 1 aliphatic carbocycles. The van der Waals surface area contributed by atoms with Crippen molar-refractivity contribution in [2.75, 3.05) is 7.11 Å². The van der Waals surface area contributed by atoms with E-state index in [2.05, 4.69) is 18.9 Å². The molecule has 4 nitrogen and oxygen atoms in total. The lowest BCUT2D eigenvalue weighted by atomic mass is 9.71. The molecule has 0 spiro atoms. The number of nitrogens with zero attached hydrogens (tertiary/aromatic N) is 2. The fourth-order valence-electron chi connectivity index (χ4n) is 3.16. The predicted octanol–water partition coefficient (Wildman–Crippen LogP) is 3.31. The molecule has 0 saturated heterocycles. The number of methoxy groups -OCH3 is 1. The fraction of sp³-hybridized carbons (Fsp3) is 0.800. The van der Waals surface area contributed by atoms with Crippen LogP contribution < -0.4 is 4.74 Å². The Balaban J connectivity index is 2.30. The van der Waals surface area contributed by atoms with Crippen molar-refractivity contribution in [3.63, 3.8) is 0 Å². The normalized spacial score (nSPS) is 20.2. The standard InChI is InChI=1S/C15H26N2O2/c1-4-10-17-13(12(19-3)11-16-17)14(18)15(2)8-6-5-7-9-15/h11,14,18H,4-10H2,1-3H3. The molecular formula is C15H26N2O2. The van der Waals surface area contributed by atoms with Crippen molar-refractivity contribution in [1.29, 1.82) is 0 Å². The molecule has 1 atom stereocenters. The van der Waals surface area contributed by atoms with Crippen LogP contribution in [0.3, 0.4) is 0 Å². The van der Waals surface area contributed by atoms with Gasteiger partial charge in [0.15, 0.2) is 5.75 Å². The van der Waals surface area contributed by atoms with Crippen molar-refractivity contribution < 1.29 is 9.84 Å². The minimum atomic E-state index is -0.489. The lowest BCUT2D eigenvalue weighted by molar-refractivity contribution is 0.000570. The van der Waals surface area contributed by atoms with Crippen LogP contribution in [0.5, 0.6) is 5.75 Å². The quantitative estimate of drug-likeness (QED) is 0.889. The van der Waals surface area contributed by atoms with Crippen LogP contribution in [0.4, 0.5) is 0 Å². The zero-order valence-corrected chi connectivity index (χ0v) is 12.4. The van der Waals surface area contributed by atoms with E-state index in [-0.39, 0.29) is 5.41 Å². The van der Waals surface area contributed by atoms with E-state index in [0.717, 1.165) is 31.5 Å². The molecule has 0 amide bonds. The highest BCUT2D eigenvalue weighted by Crippen LogP contribution is 2.47. The van der Waals surface area contributed by atoms with Crippen LogP contribution in [-0.4, -0.2) is 22.0 Å². The van der Waals surface area contributed by atoms with Crippen LogP contribution in [-0.2, 0) is 6.54 Å². The Morgan fingerprint density at radius 1 is 1.42 bits per heavy atom. The van der Waals surface area contributed by atoms with E-state index in [0.29, 0.717) is 5.75 Å². The Kier molecular flexibility index (Phi) is 4.50. The average Bonchev–Trinajstić information content (AvgIpc) is 2.82. The first-order valence-electron chi connectivity index (χ1n) is 7.40. The summed E-state index contributed by atoms with van der Waals surface area (Å²) in [5, 5.41) is 15.2. The number of ether oxygens (including phenoxy) is 1. The lowest BCUT2D eigenvalue weighted by Crippen LogP contribution is -2.30. The zero-order valence-electron chi connectivity index (χ0n) is 12.4. The third kappa shape index (κ3) is 2.78. The molecule has 1 fully saturated rings. The molecule has 0 radical (unpaired) electrons. The SMILES string of the molecule is CCCn1ncc(OC)c1C(O)C1(C)CCCCC1. The maximum atomic E-state index is 10.9. The Morgan fingerprint density at radius 3 is 2.68 bits per heavy atom. The molecule has 108 valence electrons. The summed E-state index contributed by atoms with van der Waals surface area (Å²) in [6.07, 6.45) is 8.09. The van der Waals surface area contributed by atoms with E-state index in [1.807, 2.05) is 4.68 Å². The molecule has 1 saturated carbocycles. The summed E-state index contributed by atoms with van der Waals surface area (Å²) in [6.45, 7) is 5.14. The van der Waals surface area contributed by atoms with Gasteiger partial charge in [-0.15, -0.1) is 0 Å². The van der Waals surface area contributed by atoms with Gasteiger partial charge in [0.05, 0.1) is 13.3 Å². The van der Waals surface area contributed by atoms with Crippen molar-refractivity contribution in [3.8, 4) is 5.75 Å².